The molecule has 0 aliphatic carbocycles. The van der Waals surface area contributed by atoms with E-state index >= 15 is 0 Å². The lowest BCUT2D eigenvalue weighted by Crippen LogP contribution is -1.96. The third-order valence-corrected chi connectivity index (χ3v) is 12.3. The molecule has 13 rings (SSSR count). The summed E-state index contributed by atoms with van der Waals surface area (Å²) in [5, 5.41) is 6.57. The number of nitrogens with zero attached hydrogens (tertiary/aromatic N) is 2. The van der Waals surface area contributed by atoms with Crippen molar-refractivity contribution in [3.8, 4) is 67.3 Å². The molecule has 4 heterocycles. The van der Waals surface area contributed by atoms with Crippen molar-refractivity contribution >= 4 is 65.8 Å². The van der Waals surface area contributed by atoms with Gasteiger partial charge in [-0.1, -0.05) is 152 Å². The molecule has 294 valence electrons. The minimum absolute atomic E-state index is 0.661. The Morgan fingerprint density at radius 2 is 0.714 bits per heavy atom. The van der Waals surface area contributed by atoms with Crippen molar-refractivity contribution in [1.82, 2.24) is 9.97 Å². The van der Waals surface area contributed by atoms with E-state index in [4.69, 9.17) is 23.2 Å². The van der Waals surface area contributed by atoms with Crippen LogP contribution in [0.25, 0.3) is 133 Å². The van der Waals surface area contributed by atoms with Gasteiger partial charge in [0.15, 0.2) is 5.82 Å². The van der Waals surface area contributed by atoms with Crippen LogP contribution in [-0.4, -0.2) is 9.97 Å². The van der Waals surface area contributed by atoms with Crippen LogP contribution >= 0.6 is 0 Å². The molecule has 13 aromatic rings. The van der Waals surface area contributed by atoms with Gasteiger partial charge >= 0.3 is 0 Å². The van der Waals surface area contributed by atoms with E-state index in [1.165, 1.54) is 0 Å². The summed E-state index contributed by atoms with van der Waals surface area (Å²) in [5.74, 6) is 0.661. The number of para-hydroxylation sites is 5. The predicted octanol–water partition coefficient (Wildman–Crippen LogP) is 16.2. The highest BCUT2D eigenvalue weighted by molar-refractivity contribution is 6.12. The van der Waals surface area contributed by atoms with Gasteiger partial charge in [-0.15, -0.1) is 0 Å². The molecule has 0 aliphatic rings. The largest absolute Gasteiger partial charge is 0.456 e. The molecule has 0 radical (unpaired) electrons. The first kappa shape index (κ1) is 35.2. The highest BCUT2D eigenvalue weighted by atomic mass is 16.3. The van der Waals surface area contributed by atoms with E-state index in [2.05, 4.69) is 146 Å². The third kappa shape index (κ3) is 5.86. The second kappa shape index (κ2) is 14.0. The van der Waals surface area contributed by atoms with Gasteiger partial charge < -0.3 is 13.3 Å². The highest BCUT2D eigenvalue weighted by Crippen LogP contribution is 2.42. The van der Waals surface area contributed by atoms with Crippen LogP contribution in [0.15, 0.2) is 220 Å². The van der Waals surface area contributed by atoms with Crippen LogP contribution in [0.1, 0.15) is 0 Å². The molecule has 5 heteroatoms. The zero-order valence-electron chi connectivity index (χ0n) is 33.7. The van der Waals surface area contributed by atoms with E-state index in [-0.39, 0.29) is 0 Å². The van der Waals surface area contributed by atoms with Crippen LogP contribution in [0.2, 0.25) is 0 Å². The van der Waals surface area contributed by atoms with Crippen LogP contribution in [0.3, 0.4) is 0 Å². The van der Waals surface area contributed by atoms with Crippen molar-refractivity contribution < 1.29 is 13.3 Å². The first-order chi connectivity index (χ1) is 31.2. The van der Waals surface area contributed by atoms with Gasteiger partial charge in [-0.3, -0.25) is 0 Å². The van der Waals surface area contributed by atoms with Crippen molar-refractivity contribution in [3.05, 3.63) is 206 Å². The maximum atomic E-state index is 6.59. The summed E-state index contributed by atoms with van der Waals surface area (Å²) in [4.78, 5) is 10.2. The molecule has 0 bridgehead atoms. The van der Waals surface area contributed by atoms with E-state index in [0.717, 1.165) is 127 Å². The van der Waals surface area contributed by atoms with Crippen LogP contribution in [0.5, 0.6) is 0 Å². The van der Waals surface area contributed by atoms with Gasteiger partial charge in [0.25, 0.3) is 0 Å². The lowest BCUT2D eigenvalue weighted by molar-refractivity contribution is 0.669. The predicted molar refractivity (Wildman–Crippen MR) is 256 cm³/mol. The van der Waals surface area contributed by atoms with Crippen LogP contribution in [0, 0.1) is 0 Å². The molecular weight excluding hydrogens is 773 g/mol. The van der Waals surface area contributed by atoms with Crippen LogP contribution in [-0.2, 0) is 0 Å². The summed E-state index contributed by atoms with van der Waals surface area (Å²) in [6.45, 7) is 0. The minimum atomic E-state index is 0.661. The zero-order valence-corrected chi connectivity index (χ0v) is 33.7. The number of benzene rings is 9. The highest BCUT2D eigenvalue weighted by Gasteiger charge is 2.18. The van der Waals surface area contributed by atoms with Gasteiger partial charge in [-0.05, 0) is 76.9 Å². The molecule has 0 saturated carbocycles. The van der Waals surface area contributed by atoms with Gasteiger partial charge in [-0.25, -0.2) is 9.97 Å². The summed E-state index contributed by atoms with van der Waals surface area (Å²) < 4.78 is 19.5. The normalized spacial score (nSPS) is 11.8. The SMILES string of the molecule is c1ccc(-c2nc(-c3ccc(-c4cc(-c5cccc6c5oc5ccccc56)cc(-c5cccc6c5oc5ccccc56)c4)cc3)cc(-c3ccc4c(c3)oc3ccccc34)n2)cc1. The number of hydrogen-bond donors (Lipinski definition) is 0. The molecule has 0 unspecified atom stereocenters. The molecule has 5 nitrogen and oxygen atoms in total. The van der Waals surface area contributed by atoms with E-state index in [9.17, 15) is 0 Å². The zero-order chi connectivity index (χ0) is 41.4. The molecule has 0 saturated heterocycles. The number of fused-ring (bicyclic) bond motifs is 9. The lowest BCUT2D eigenvalue weighted by atomic mass is 9.91. The minimum Gasteiger partial charge on any atom is -0.456 e. The van der Waals surface area contributed by atoms with Crippen molar-refractivity contribution in [1.29, 1.82) is 0 Å². The van der Waals surface area contributed by atoms with Crippen molar-refractivity contribution in [2.75, 3.05) is 0 Å². The van der Waals surface area contributed by atoms with E-state index < -0.39 is 0 Å². The average Bonchev–Trinajstić information content (AvgIpc) is 4.05. The first-order valence-corrected chi connectivity index (χ1v) is 21.1. The second-order valence-corrected chi connectivity index (χ2v) is 16.1. The Kier molecular flexibility index (Phi) is 7.84. The first-order valence-electron chi connectivity index (χ1n) is 21.1. The molecule has 4 aromatic heterocycles. The Balaban J connectivity index is 0.958. The maximum Gasteiger partial charge on any atom is 0.160 e. The Morgan fingerprint density at radius 3 is 1.33 bits per heavy atom. The number of furan rings is 3. The summed E-state index contributed by atoms with van der Waals surface area (Å²) >= 11 is 0. The van der Waals surface area contributed by atoms with Gasteiger partial charge in [0.1, 0.15) is 33.5 Å². The monoisotopic (exact) mass is 806 g/mol. The average molecular weight is 807 g/mol. The van der Waals surface area contributed by atoms with Crippen molar-refractivity contribution in [2.24, 2.45) is 0 Å². The Hall–Kier alpha value is -8.54. The fourth-order valence-corrected chi connectivity index (χ4v) is 9.23. The van der Waals surface area contributed by atoms with Gasteiger partial charge in [0, 0.05) is 60.1 Å². The molecule has 0 spiro atoms. The molecule has 63 heavy (non-hydrogen) atoms. The number of rotatable bonds is 6. The van der Waals surface area contributed by atoms with Gasteiger partial charge in [0.05, 0.1) is 11.4 Å². The molecule has 0 atom stereocenters. The molecule has 0 aliphatic heterocycles. The topological polar surface area (TPSA) is 65.2 Å². The maximum absolute atomic E-state index is 6.59. The smallest absolute Gasteiger partial charge is 0.160 e. The van der Waals surface area contributed by atoms with Crippen molar-refractivity contribution in [2.45, 2.75) is 0 Å². The van der Waals surface area contributed by atoms with Crippen LogP contribution < -0.4 is 0 Å². The van der Waals surface area contributed by atoms with Gasteiger partial charge in [-0.2, -0.15) is 0 Å². The molecule has 0 fully saturated rings. The summed E-state index contributed by atoms with van der Waals surface area (Å²) in [7, 11) is 0. The Labute approximate surface area is 361 Å². The summed E-state index contributed by atoms with van der Waals surface area (Å²) in [6, 6.07) is 71.5. The van der Waals surface area contributed by atoms with E-state index in [1.807, 2.05) is 60.7 Å². The summed E-state index contributed by atoms with van der Waals surface area (Å²) in [6.07, 6.45) is 0. The quantitative estimate of drug-likeness (QED) is 0.167. The molecule has 0 N–H and O–H groups in total. The second-order valence-electron chi connectivity index (χ2n) is 16.1. The van der Waals surface area contributed by atoms with E-state index in [1.54, 1.807) is 0 Å². The molecule has 0 amide bonds. The molecular formula is C58H34N2O3. The lowest BCUT2D eigenvalue weighted by Gasteiger charge is -2.13. The number of aromatic nitrogens is 2. The van der Waals surface area contributed by atoms with E-state index in [0.29, 0.717) is 5.82 Å². The fourth-order valence-electron chi connectivity index (χ4n) is 9.23. The van der Waals surface area contributed by atoms with Crippen LogP contribution in [0.4, 0.5) is 0 Å². The summed E-state index contributed by atoms with van der Waals surface area (Å²) in [5.41, 5.74) is 16.0. The number of hydrogen-bond acceptors (Lipinski definition) is 5. The van der Waals surface area contributed by atoms with Gasteiger partial charge in [0.2, 0.25) is 0 Å². The standard InChI is InChI=1S/C58H34N2O3/c1-2-12-37(13-3-1)58-59-50(34-51(60-58)38-28-29-47-44-14-4-7-21-52(44)61-55(47)33-38)36-26-24-35(25-27-36)39-30-40(42-17-10-19-48-45-15-5-8-22-53(45)62-56(42)48)32-41(31-39)43-18-11-20-49-46-16-6-9-23-54(46)63-57(43)49/h1-34H. The molecule has 9 aromatic carbocycles. The third-order valence-electron chi connectivity index (χ3n) is 12.3. The van der Waals surface area contributed by atoms with Crippen molar-refractivity contribution in [3.63, 3.8) is 0 Å². The Morgan fingerprint density at radius 1 is 0.254 bits per heavy atom. The fraction of sp³-hybridized carbons (Fsp3) is 0. The Bertz CT molecular complexity index is 3780.